The topological polar surface area (TPSA) is 117 Å². The summed E-state index contributed by atoms with van der Waals surface area (Å²) in [6.07, 6.45) is -4.39. The van der Waals surface area contributed by atoms with Crippen LogP contribution in [0.25, 0.3) is 0 Å². The molecule has 0 spiro atoms. The summed E-state index contributed by atoms with van der Waals surface area (Å²) in [6, 6.07) is 4.60. The van der Waals surface area contributed by atoms with Crippen LogP contribution in [0.4, 0.5) is 18.9 Å². The highest BCUT2D eigenvalue weighted by atomic mass is 35.5. The maximum atomic E-state index is 12.9. The number of nitro groups is 1. The van der Waals surface area contributed by atoms with Crippen molar-refractivity contribution in [3.63, 3.8) is 0 Å². The summed E-state index contributed by atoms with van der Waals surface area (Å²) in [5.41, 5.74) is -1.46. The highest BCUT2D eigenvalue weighted by Gasteiger charge is 2.38. The molecule has 1 unspecified atom stereocenters. The van der Waals surface area contributed by atoms with Crippen LogP contribution < -0.4 is 10.0 Å². The minimum atomic E-state index is -4.62. The number of hydrogen-bond donors (Lipinski definition) is 0. The predicted molar refractivity (Wildman–Crippen MR) is 122 cm³/mol. The van der Waals surface area contributed by atoms with Gasteiger partial charge in [0.05, 0.1) is 22.6 Å². The first-order valence-electron chi connectivity index (χ1n) is 9.96. The fraction of sp³-hybridized carbons (Fsp3) is 0.333. The molecule has 0 saturated heterocycles. The van der Waals surface area contributed by atoms with Crippen LogP contribution in [0.15, 0.2) is 35.5 Å². The van der Waals surface area contributed by atoms with Crippen molar-refractivity contribution in [2.24, 2.45) is 11.1 Å². The Kier molecular flexibility index (Phi) is 9.17. The average Bonchev–Trinajstić information content (AvgIpc) is 2.78. The number of carbonyl (C=O) groups excluding carboxylic acids is 1. The molecule has 0 aromatic heterocycles. The molecule has 0 aliphatic heterocycles. The van der Waals surface area contributed by atoms with Gasteiger partial charge in [-0.3, -0.25) is 10.1 Å². The molecule has 0 aliphatic rings. The molecular formula is C21H20ClF3N2O7P+. The van der Waals surface area contributed by atoms with Crippen LogP contribution in [0.5, 0.6) is 11.5 Å². The number of benzene rings is 2. The lowest BCUT2D eigenvalue weighted by Crippen LogP contribution is -2.21. The van der Waals surface area contributed by atoms with Crippen molar-refractivity contribution in [2.75, 3.05) is 7.11 Å². The highest BCUT2D eigenvalue weighted by molar-refractivity contribution is 7.48. The number of hydrogen-bond acceptors (Lipinski definition) is 8. The summed E-state index contributed by atoms with van der Waals surface area (Å²) in [6.45, 7) is 4.86. The number of rotatable bonds is 9. The van der Waals surface area contributed by atoms with E-state index in [4.69, 9.17) is 21.0 Å². The van der Waals surface area contributed by atoms with E-state index in [0.717, 1.165) is 31.4 Å². The third kappa shape index (κ3) is 6.89. The number of ether oxygens (including phenoxy) is 2. The molecular weight excluding hydrogens is 516 g/mol. The first-order valence-corrected chi connectivity index (χ1v) is 11.5. The van der Waals surface area contributed by atoms with E-state index < -0.39 is 47.6 Å². The Bertz CT molecular complexity index is 1190. The van der Waals surface area contributed by atoms with E-state index in [1.54, 1.807) is 20.8 Å². The van der Waals surface area contributed by atoms with Gasteiger partial charge in [-0.1, -0.05) is 32.4 Å². The largest absolute Gasteiger partial charge is 0.629 e. The minimum absolute atomic E-state index is 0.0391. The molecule has 9 nitrogen and oxygen atoms in total. The lowest BCUT2D eigenvalue weighted by molar-refractivity contribution is -0.383. The Morgan fingerprint density at radius 3 is 2.37 bits per heavy atom. The van der Waals surface area contributed by atoms with E-state index in [1.807, 2.05) is 0 Å². The SMILES string of the molecule is CCc1cc([N+](=O)[O-])c([P+](=O)ON=C(C(=O)OC)C(C)C)cc1Oc1ccc(C(F)(F)F)cc1Cl. The quantitative estimate of drug-likeness (QED) is 0.123. The number of alkyl halides is 3. The van der Waals surface area contributed by atoms with Gasteiger partial charge in [0.15, 0.2) is 5.71 Å². The summed E-state index contributed by atoms with van der Waals surface area (Å²) < 4.78 is 66.6. The third-order valence-corrected chi connectivity index (χ3v) is 5.84. The Hall–Kier alpha value is -3.24. The molecule has 0 heterocycles. The van der Waals surface area contributed by atoms with E-state index in [1.165, 1.54) is 0 Å². The van der Waals surface area contributed by atoms with Crippen LogP contribution in [0, 0.1) is 16.0 Å². The van der Waals surface area contributed by atoms with Gasteiger partial charge in [-0.05, 0) is 34.3 Å². The van der Waals surface area contributed by atoms with E-state index >= 15 is 0 Å². The molecule has 0 radical (unpaired) electrons. The molecule has 0 amide bonds. The number of oxime groups is 1. The second kappa shape index (κ2) is 11.5. The summed E-state index contributed by atoms with van der Waals surface area (Å²) in [5.74, 6) is -1.50. The molecule has 0 N–H and O–H groups in total. The van der Waals surface area contributed by atoms with Crippen molar-refractivity contribution in [3.8, 4) is 11.5 Å². The Morgan fingerprint density at radius 1 is 1.23 bits per heavy atom. The first kappa shape index (κ1) is 28.0. The molecule has 0 bridgehead atoms. The van der Waals surface area contributed by atoms with E-state index in [0.29, 0.717) is 11.6 Å². The van der Waals surface area contributed by atoms with Gasteiger partial charge in [0.1, 0.15) is 11.5 Å². The number of aryl methyl sites for hydroxylation is 1. The summed E-state index contributed by atoms with van der Waals surface area (Å²) in [4.78, 5) is 22.6. The lowest BCUT2D eigenvalue weighted by Gasteiger charge is -2.13. The zero-order valence-electron chi connectivity index (χ0n) is 18.9. The van der Waals surface area contributed by atoms with Gasteiger partial charge in [0.2, 0.25) is 0 Å². The van der Waals surface area contributed by atoms with Gasteiger partial charge in [-0.25, -0.2) is 4.79 Å². The molecule has 14 heteroatoms. The summed E-state index contributed by atoms with van der Waals surface area (Å²) in [7, 11) is -1.89. The number of methoxy groups -OCH3 is 1. The standard InChI is InChI=1S/C21H20ClF3N2O7P/c1-5-12-8-15(27(29)30)18(35(31)34-26-19(11(2)3)20(28)32-4)10-17(12)33-16-7-6-13(9-14(16)22)21(23,24)25/h6-11H,5H2,1-4H3/q+1. The molecule has 1 atom stereocenters. The van der Waals surface area contributed by atoms with E-state index in [2.05, 4.69) is 9.89 Å². The fourth-order valence-electron chi connectivity index (χ4n) is 2.75. The van der Waals surface area contributed by atoms with Crippen molar-refractivity contribution in [2.45, 2.75) is 33.4 Å². The lowest BCUT2D eigenvalue weighted by atomic mass is 10.1. The predicted octanol–water partition coefficient (Wildman–Crippen LogP) is 6.19. The van der Waals surface area contributed by atoms with Crippen LogP contribution in [0.1, 0.15) is 31.9 Å². The number of nitrogens with zero attached hydrogens (tertiary/aromatic N) is 2. The van der Waals surface area contributed by atoms with Crippen molar-refractivity contribution >= 4 is 42.3 Å². The minimum Gasteiger partial charge on any atom is -0.464 e. The second-order valence-electron chi connectivity index (χ2n) is 7.27. The Balaban J connectivity index is 2.51. The molecule has 0 saturated carbocycles. The van der Waals surface area contributed by atoms with Gasteiger partial charge >= 0.3 is 31.2 Å². The van der Waals surface area contributed by atoms with Crippen LogP contribution >= 0.6 is 19.6 Å². The summed E-state index contributed by atoms with van der Waals surface area (Å²) >= 11 is 5.95. The number of nitro benzene ring substituents is 1. The van der Waals surface area contributed by atoms with Crippen LogP contribution in [0.2, 0.25) is 5.02 Å². The van der Waals surface area contributed by atoms with E-state index in [9.17, 15) is 32.6 Å². The van der Waals surface area contributed by atoms with E-state index in [-0.39, 0.29) is 28.7 Å². The molecule has 2 aromatic rings. The molecule has 2 rings (SSSR count). The third-order valence-electron chi connectivity index (χ3n) is 4.57. The van der Waals surface area contributed by atoms with Crippen LogP contribution in [-0.4, -0.2) is 23.7 Å². The Morgan fingerprint density at radius 2 is 1.89 bits per heavy atom. The fourth-order valence-corrected chi connectivity index (χ4v) is 3.78. The van der Waals surface area contributed by atoms with Gasteiger partial charge in [-0.15, -0.1) is 4.62 Å². The normalized spacial score (nSPS) is 12.4. The van der Waals surface area contributed by atoms with Gasteiger partial charge in [0, 0.05) is 23.6 Å². The maximum absolute atomic E-state index is 12.9. The Labute approximate surface area is 203 Å². The van der Waals surface area contributed by atoms with Gasteiger partial charge in [-0.2, -0.15) is 13.2 Å². The molecule has 188 valence electrons. The smallest absolute Gasteiger partial charge is 0.464 e. The second-order valence-corrected chi connectivity index (χ2v) is 8.83. The molecule has 2 aromatic carbocycles. The molecule has 0 fully saturated rings. The van der Waals surface area contributed by atoms with Crippen molar-refractivity contribution < 1.29 is 41.6 Å². The van der Waals surface area contributed by atoms with Crippen molar-refractivity contribution in [1.82, 2.24) is 0 Å². The maximum Gasteiger partial charge on any atom is 0.629 e. The number of carbonyl (C=O) groups is 1. The first-order chi connectivity index (χ1) is 16.3. The number of esters is 1. The molecule has 35 heavy (non-hydrogen) atoms. The van der Waals surface area contributed by atoms with Crippen LogP contribution in [0.3, 0.4) is 0 Å². The molecule has 0 aliphatic carbocycles. The number of halogens is 4. The zero-order valence-corrected chi connectivity index (χ0v) is 20.5. The van der Waals surface area contributed by atoms with Crippen molar-refractivity contribution in [1.29, 1.82) is 0 Å². The zero-order chi connectivity index (χ0) is 26.5. The average molecular weight is 536 g/mol. The van der Waals surface area contributed by atoms with Crippen LogP contribution in [-0.2, 0) is 31.3 Å². The summed E-state index contributed by atoms with van der Waals surface area (Å²) in [5, 5.41) is 14.4. The van der Waals surface area contributed by atoms with Crippen molar-refractivity contribution in [3.05, 3.63) is 56.6 Å². The van der Waals surface area contributed by atoms with Gasteiger partial charge in [0.25, 0.3) is 0 Å². The highest BCUT2D eigenvalue weighted by Crippen LogP contribution is 2.39. The monoisotopic (exact) mass is 535 g/mol. The van der Waals surface area contributed by atoms with Gasteiger partial charge < -0.3 is 9.47 Å².